The Kier molecular flexibility index (Phi) is 5.00. The van der Waals surface area contributed by atoms with Crippen molar-refractivity contribution in [1.29, 1.82) is 0 Å². The molecule has 1 rings (SSSR count). The van der Waals surface area contributed by atoms with Crippen molar-refractivity contribution in [2.24, 2.45) is 5.92 Å². The summed E-state index contributed by atoms with van der Waals surface area (Å²) in [6, 6.07) is 0.661. The smallest absolute Gasteiger partial charge is 0.334 e. The predicted octanol–water partition coefficient (Wildman–Crippen LogP) is 2.23. The standard InChI is InChI=1S/C13H23NO2/c1-5-16-13(15)11(4)9-14(8-10(2)3)12-6-7-12/h10,12H,4-9H2,1-3H3. The van der Waals surface area contributed by atoms with Gasteiger partial charge in [-0.1, -0.05) is 20.4 Å². The maximum absolute atomic E-state index is 11.5. The number of hydrogen-bond donors (Lipinski definition) is 0. The van der Waals surface area contributed by atoms with E-state index in [-0.39, 0.29) is 5.97 Å². The van der Waals surface area contributed by atoms with E-state index in [1.165, 1.54) is 12.8 Å². The van der Waals surface area contributed by atoms with Crippen LogP contribution in [0.1, 0.15) is 33.6 Å². The van der Waals surface area contributed by atoms with Gasteiger partial charge in [0.05, 0.1) is 6.61 Å². The molecular formula is C13H23NO2. The Morgan fingerprint density at radius 3 is 2.56 bits per heavy atom. The van der Waals surface area contributed by atoms with Gasteiger partial charge in [0.15, 0.2) is 0 Å². The predicted molar refractivity (Wildman–Crippen MR) is 65.2 cm³/mol. The Balaban J connectivity index is 2.41. The number of hydrogen-bond acceptors (Lipinski definition) is 3. The molecule has 0 atom stereocenters. The van der Waals surface area contributed by atoms with Crippen molar-refractivity contribution < 1.29 is 9.53 Å². The minimum atomic E-state index is -0.253. The minimum Gasteiger partial charge on any atom is -0.463 e. The van der Waals surface area contributed by atoms with Crippen LogP contribution in [0.5, 0.6) is 0 Å². The summed E-state index contributed by atoms with van der Waals surface area (Å²) in [5.74, 6) is 0.368. The third-order valence-corrected chi connectivity index (χ3v) is 2.62. The maximum Gasteiger partial charge on any atom is 0.334 e. The Morgan fingerprint density at radius 1 is 1.50 bits per heavy atom. The maximum atomic E-state index is 11.5. The fourth-order valence-electron chi connectivity index (χ4n) is 1.79. The first-order chi connectivity index (χ1) is 7.54. The van der Waals surface area contributed by atoms with Gasteiger partial charge in [-0.3, -0.25) is 4.90 Å². The minimum absolute atomic E-state index is 0.253. The number of carbonyl (C=O) groups excluding carboxylic acids is 1. The lowest BCUT2D eigenvalue weighted by molar-refractivity contribution is -0.138. The van der Waals surface area contributed by atoms with Crippen LogP contribution in [0.15, 0.2) is 12.2 Å². The SMILES string of the molecule is C=C(CN(CC(C)C)C1CC1)C(=O)OCC. The van der Waals surface area contributed by atoms with Gasteiger partial charge in [0, 0.05) is 24.7 Å². The van der Waals surface area contributed by atoms with Gasteiger partial charge >= 0.3 is 5.97 Å². The van der Waals surface area contributed by atoms with E-state index < -0.39 is 0 Å². The zero-order chi connectivity index (χ0) is 12.1. The highest BCUT2D eigenvalue weighted by Crippen LogP contribution is 2.28. The summed E-state index contributed by atoms with van der Waals surface area (Å²) < 4.78 is 4.94. The van der Waals surface area contributed by atoms with Crippen LogP contribution in [-0.4, -0.2) is 36.6 Å². The molecule has 0 aromatic rings. The van der Waals surface area contributed by atoms with Gasteiger partial charge in [0.1, 0.15) is 0 Å². The Labute approximate surface area is 98.5 Å². The van der Waals surface area contributed by atoms with E-state index in [2.05, 4.69) is 25.3 Å². The van der Waals surface area contributed by atoms with Gasteiger partial charge in [-0.2, -0.15) is 0 Å². The van der Waals surface area contributed by atoms with E-state index in [1.807, 2.05) is 6.92 Å². The second-order valence-electron chi connectivity index (χ2n) is 4.88. The summed E-state index contributed by atoms with van der Waals surface area (Å²) in [4.78, 5) is 13.8. The van der Waals surface area contributed by atoms with E-state index >= 15 is 0 Å². The summed E-state index contributed by atoms with van der Waals surface area (Å²) in [7, 11) is 0. The van der Waals surface area contributed by atoms with Gasteiger partial charge < -0.3 is 4.74 Å². The van der Waals surface area contributed by atoms with Gasteiger partial charge in [-0.15, -0.1) is 0 Å². The van der Waals surface area contributed by atoms with Crippen LogP contribution >= 0.6 is 0 Å². The first-order valence-corrected chi connectivity index (χ1v) is 6.13. The summed E-state index contributed by atoms with van der Waals surface area (Å²) in [6.07, 6.45) is 2.51. The summed E-state index contributed by atoms with van der Waals surface area (Å²) in [5.41, 5.74) is 0.578. The number of ether oxygens (including phenoxy) is 1. The molecule has 3 heteroatoms. The molecule has 1 aliphatic rings. The lowest BCUT2D eigenvalue weighted by atomic mass is 10.2. The van der Waals surface area contributed by atoms with E-state index in [9.17, 15) is 4.79 Å². The molecule has 1 aliphatic carbocycles. The highest BCUT2D eigenvalue weighted by molar-refractivity contribution is 5.88. The van der Waals surface area contributed by atoms with Crippen LogP contribution in [0.3, 0.4) is 0 Å². The number of nitrogens with zero attached hydrogens (tertiary/aromatic N) is 1. The molecule has 0 radical (unpaired) electrons. The Bertz CT molecular complexity index is 257. The monoisotopic (exact) mass is 225 g/mol. The number of rotatable bonds is 7. The molecule has 3 nitrogen and oxygen atoms in total. The van der Waals surface area contributed by atoms with Gasteiger partial charge in [-0.05, 0) is 25.7 Å². The molecule has 0 bridgehead atoms. The average Bonchev–Trinajstić information content (AvgIpc) is 2.99. The first kappa shape index (κ1) is 13.2. The van der Waals surface area contributed by atoms with Crippen molar-refractivity contribution in [2.75, 3.05) is 19.7 Å². The molecule has 1 fully saturated rings. The van der Waals surface area contributed by atoms with Crippen molar-refractivity contribution in [1.82, 2.24) is 4.90 Å². The van der Waals surface area contributed by atoms with Crippen LogP contribution in [0.4, 0.5) is 0 Å². The third-order valence-electron chi connectivity index (χ3n) is 2.62. The lowest BCUT2D eigenvalue weighted by Crippen LogP contribution is -2.33. The molecule has 0 aromatic heterocycles. The quantitative estimate of drug-likeness (QED) is 0.491. The van der Waals surface area contributed by atoms with Crippen LogP contribution in [0.2, 0.25) is 0 Å². The second-order valence-corrected chi connectivity index (χ2v) is 4.88. The van der Waals surface area contributed by atoms with Crippen LogP contribution in [-0.2, 0) is 9.53 Å². The second kappa shape index (κ2) is 6.04. The zero-order valence-corrected chi connectivity index (χ0v) is 10.7. The molecule has 0 unspecified atom stereocenters. The number of esters is 1. The molecule has 0 aromatic carbocycles. The lowest BCUT2D eigenvalue weighted by Gasteiger charge is -2.24. The highest BCUT2D eigenvalue weighted by atomic mass is 16.5. The zero-order valence-electron chi connectivity index (χ0n) is 10.7. The van der Waals surface area contributed by atoms with Crippen molar-refractivity contribution >= 4 is 5.97 Å². The topological polar surface area (TPSA) is 29.5 Å². The molecule has 1 saturated carbocycles. The summed E-state index contributed by atoms with van der Waals surface area (Å²) in [6.45, 7) is 12.1. The molecule has 0 amide bonds. The molecule has 0 heterocycles. The molecule has 0 aliphatic heterocycles. The largest absolute Gasteiger partial charge is 0.463 e. The molecule has 0 saturated heterocycles. The van der Waals surface area contributed by atoms with Crippen LogP contribution in [0, 0.1) is 5.92 Å². The molecule has 0 spiro atoms. The number of carbonyl (C=O) groups is 1. The highest BCUT2D eigenvalue weighted by Gasteiger charge is 2.30. The first-order valence-electron chi connectivity index (χ1n) is 6.13. The van der Waals surface area contributed by atoms with E-state index in [1.54, 1.807) is 0 Å². The van der Waals surface area contributed by atoms with Crippen LogP contribution in [0.25, 0.3) is 0 Å². The van der Waals surface area contributed by atoms with E-state index in [4.69, 9.17) is 4.74 Å². The van der Waals surface area contributed by atoms with Gasteiger partial charge in [-0.25, -0.2) is 4.79 Å². The summed E-state index contributed by atoms with van der Waals surface area (Å²) in [5, 5.41) is 0. The van der Waals surface area contributed by atoms with E-state index in [0.29, 0.717) is 30.7 Å². The van der Waals surface area contributed by atoms with Crippen molar-refractivity contribution in [2.45, 2.75) is 39.7 Å². The van der Waals surface area contributed by atoms with Gasteiger partial charge in [0.2, 0.25) is 0 Å². The average molecular weight is 225 g/mol. The van der Waals surface area contributed by atoms with Crippen LogP contribution < -0.4 is 0 Å². The Hall–Kier alpha value is -0.830. The van der Waals surface area contributed by atoms with E-state index in [0.717, 1.165) is 6.54 Å². The molecule has 16 heavy (non-hydrogen) atoms. The fraction of sp³-hybridized carbons (Fsp3) is 0.769. The Morgan fingerprint density at radius 2 is 2.12 bits per heavy atom. The van der Waals surface area contributed by atoms with Crippen molar-refractivity contribution in [3.8, 4) is 0 Å². The third kappa shape index (κ3) is 4.35. The summed E-state index contributed by atoms with van der Waals surface area (Å²) >= 11 is 0. The van der Waals surface area contributed by atoms with Crippen molar-refractivity contribution in [3.05, 3.63) is 12.2 Å². The molecule has 92 valence electrons. The van der Waals surface area contributed by atoms with Gasteiger partial charge in [0.25, 0.3) is 0 Å². The normalized spacial score (nSPS) is 15.6. The van der Waals surface area contributed by atoms with Crippen molar-refractivity contribution in [3.63, 3.8) is 0 Å². The molecule has 0 N–H and O–H groups in total. The molecular weight excluding hydrogens is 202 g/mol. The fourth-order valence-corrected chi connectivity index (χ4v) is 1.79.